The smallest absolute Gasteiger partial charge is 0.241 e. The molecule has 0 bridgehead atoms. The van der Waals surface area contributed by atoms with Crippen molar-refractivity contribution in [2.75, 3.05) is 0 Å². The molecule has 0 radical (unpaired) electrons. The van der Waals surface area contributed by atoms with Gasteiger partial charge in [-0.3, -0.25) is 4.68 Å². The molecule has 0 spiro atoms. The summed E-state index contributed by atoms with van der Waals surface area (Å²) in [7, 11) is -1.93. The Morgan fingerprint density at radius 3 is 2.62 bits per heavy atom. The van der Waals surface area contributed by atoms with Crippen molar-refractivity contribution >= 4 is 20.8 Å². The molecule has 1 atom stereocenters. The molecule has 3 aromatic rings. The van der Waals surface area contributed by atoms with E-state index in [0.717, 1.165) is 10.9 Å². The number of nitrogens with one attached hydrogen (secondary N) is 1. The van der Waals surface area contributed by atoms with Crippen LogP contribution in [0.3, 0.4) is 0 Å². The number of aliphatic hydroxyl groups is 1. The Kier molecular flexibility index (Phi) is 4.30. The summed E-state index contributed by atoms with van der Waals surface area (Å²) >= 11 is 0. The van der Waals surface area contributed by atoms with Gasteiger partial charge in [-0.15, -0.1) is 0 Å². The molecule has 6 nitrogen and oxygen atoms in total. The molecule has 2 N–H and O–H groups in total. The number of benzene rings is 2. The monoisotopic (exact) mass is 371 g/mol. The van der Waals surface area contributed by atoms with E-state index in [1.54, 1.807) is 30.1 Å². The number of aryl methyl sites for hydroxylation is 1. The standard InChI is InChI=1S/C19H21N3O3S/c1-22-12-15(11-20-22)19(14-9-16(23)10-14)21-26(24,25)18-8-4-6-13-5-2-3-7-17(13)18/h2-8,11-12,14,16,19,21,23H,9-10H2,1H3/t14?,16?,19-/m1/s1. The van der Waals surface area contributed by atoms with Gasteiger partial charge in [-0.25, -0.2) is 13.1 Å². The normalized spacial score (nSPS) is 21.5. The highest BCUT2D eigenvalue weighted by atomic mass is 32.2. The molecule has 0 amide bonds. The molecule has 136 valence electrons. The molecule has 1 heterocycles. The molecule has 1 saturated carbocycles. The third kappa shape index (κ3) is 3.13. The van der Waals surface area contributed by atoms with Gasteiger partial charge in [0.2, 0.25) is 10.0 Å². The fourth-order valence-corrected chi connectivity index (χ4v) is 5.12. The summed E-state index contributed by atoms with van der Waals surface area (Å²) in [5, 5.41) is 15.4. The van der Waals surface area contributed by atoms with Gasteiger partial charge < -0.3 is 5.11 Å². The van der Waals surface area contributed by atoms with Gasteiger partial charge in [0.15, 0.2) is 0 Å². The molecule has 0 aliphatic heterocycles. The Bertz CT molecular complexity index is 1030. The molecular formula is C19H21N3O3S. The van der Waals surface area contributed by atoms with Gasteiger partial charge in [-0.1, -0.05) is 36.4 Å². The Hall–Kier alpha value is -2.22. The van der Waals surface area contributed by atoms with Gasteiger partial charge in [0, 0.05) is 24.2 Å². The minimum Gasteiger partial charge on any atom is -0.393 e. The fourth-order valence-electron chi connectivity index (χ4n) is 3.60. The molecule has 1 fully saturated rings. The zero-order chi connectivity index (χ0) is 18.3. The Labute approximate surface area is 152 Å². The maximum absolute atomic E-state index is 13.2. The van der Waals surface area contributed by atoms with E-state index >= 15 is 0 Å². The van der Waals surface area contributed by atoms with E-state index in [4.69, 9.17) is 0 Å². The lowest BCUT2D eigenvalue weighted by atomic mass is 9.76. The van der Waals surface area contributed by atoms with E-state index in [0.29, 0.717) is 18.2 Å². The molecule has 1 aliphatic rings. The van der Waals surface area contributed by atoms with Gasteiger partial charge in [0.05, 0.1) is 23.2 Å². The van der Waals surface area contributed by atoms with Crippen LogP contribution in [0.5, 0.6) is 0 Å². The van der Waals surface area contributed by atoms with E-state index in [2.05, 4.69) is 9.82 Å². The van der Waals surface area contributed by atoms with Gasteiger partial charge in [-0.05, 0) is 30.2 Å². The average Bonchev–Trinajstić information content (AvgIpc) is 3.03. The minimum absolute atomic E-state index is 0.0546. The second-order valence-electron chi connectivity index (χ2n) is 6.91. The van der Waals surface area contributed by atoms with E-state index in [1.165, 1.54) is 0 Å². The van der Waals surface area contributed by atoms with Gasteiger partial charge >= 0.3 is 0 Å². The SMILES string of the molecule is Cn1cc([C@H](NS(=O)(=O)c2cccc3ccccc23)C2CC(O)C2)cn1. The third-order valence-electron chi connectivity index (χ3n) is 5.03. The number of hydrogen-bond acceptors (Lipinski definition) is 4. The topological polar surface area (TPSA) is 84.2 Å². The minimum atomic E-state index is -3.73. The van der Waals surface area contributed by atoms with Crippen LogP contribution in [-0.2, 0) is 17.1 Å². The zero-order valence-electron chi connectivity index (χ0n) is 14.4. The maximum atomic E-state index is 13.2. The quantitative estimate of drug-likeness (QED) is 0.721. The molecule has 0 unspecified atom stereocenters. The number of aromatic nitrogens is 2. The lowest BCUT2D eigenvalue weighted by Crippen LogP contribution is -2.41. The number of rotatable bonds is 5. The molecule has 1 aliphatic carbocycles. The second kappa shape index (κ2) is 6.50. The molecular weight excluding hydrogens is 350 g/mol. The highest BCUT2D eigenvalue weighted by Gasteiger charge is 2.38. The predicted octanol–water partition coefficient (Wildman–Crippen LogP) is 2.36. The Morgan fingerprint density at radius 1 is 1.19 bits per heavy atom. The van der Waals surface area contributed by atoms with Crippen LogP contribution in [0.25, 0.3) is 10.8 Å². The average molecular weight is 371 g/mol. The highest BCUT2D eigenvalue weighted by molar-refractivity contribution is 7.89. The third-order valence-corrected chi connectivity index (χ3v) is 6.53. The first kappa shape index (κ1) is 17.2. The van der Waals surface area contributed by atoms with Crippen LogP contribution in [0.2, 0.25) is 0 Å². The number of nitrogens with zero attached hydrogens (tertiary/aromatic N) is 2. The molecule has 1 aromatic heterocycles. The predicted molar refractivity (Wildman–Crippen MR) is 98.9 cm³/mol. The summed E-state index contributed by atoms with van der Waals surface area (Å²) in [5.74, 6) is 0.0546. The van der Waals surface area contributed by atoms with Crippen LogP contribution in [0.4, 0.5) is 0 Å². The number of aliphatic hydroxyl groups excluding tert-OH is 1. The first-order chi connectivity index (χ1) is 12.4. The van der Waals surface area contributed by atoms with Crippen LogP contribution in [0, 0.1) is 5.92 Å². The van der Waals surface area contributed by atoms with Crippen molar-refractivity contribution in [1.29, 1.82) is 0 Å². The molecule has 26 heavy (non-hydrogen) atoms. The van der Waals surface area contributed by atoms with E-state index in [1.807, 2.05) is 36.5 Å². The van der Waals surface area contributed by atoms with Gasteiger partial charge in [-0.2, -0.15) is 5.10 Å². The van der Waals surface area contributed by atoms with Crippen LogP contribution in [-0.4, -0.2) is 29.4 Å². The van der Waals surface area contributed by atoms with E-state index in [9.17, 15) is 13.5 Å². The molecule has 7 heteroatoms. The van der Waals surface area contributed by atoms with Crippen molar-refractivity contribution in [3.05, 3.63) is 60.4 Å². The van der Waals surface area contributed by atoms with Crippen molar-refractivity contribution in [3.63, 3.8) is 0 Å². The lowest BCUT2D eigenvalue weighted by Gasteiger charge is -2.37. The molecule has 4 rings (SSSR count). The van der Waals surface area contributed by atoms with Gasteiger partial charge in [0.1, 0.15) is 0 Å². The van der Waals surface area contributed by atoms with Crippen LogP contribution in [0.1, 0.15) is 24.4 Å². The summed E-state index contributed by atoms with van der Waals surface area (Å²) in [6.45, 7) is 0. The van der Waals surface area contributed by atoms with Crippen molar-refractivity contribution < 1.29 is 13.5 Å². The Balaban J connectivity index is 1.72. The van der Waals surface area contributed by atoms with Crippen LogP contribution in [0.15, 0.2) is 59.8 Å². The maximum Gasteiger partial charge on any atom is 0.241 e. The fraction of sp³-hybridized carbons (Fsp3) is 0.316. The van der Waals surface area contributed by atoms with Crippen LogP contribution < -0.4 is 4.72 Å². The Morgan fingerprint density at radius 2 is 1.92 bits per heavy atom. The highest BCUT2D eigenvalue weighted by Crippen LogP contribution is 2.39. The van der Waals surface area contributed by atoms with Crippen molar-refractivity contribution in [2.24, 2.45) is 13.0 Å². The van der Waals surface area contributed by atoms with Crippen molar-refractivity contribution in [1.82, 2.24) is 14.5 Å². The second-order valence-corrected chi connectivity index (χ2v) is 8.59. The summed E-state index contributed by atoms with van der Waals surface area (Å²) in [6.07, 6.45) is 4.30. The van der Waals surface area contributed by atoms with Gasteiger partial charge in [0.25, 0.3) is 0 Å². The first-order valence-electron chi connectivity index (χ1n) is 8.61. The van der Waals surface area contributed by atoms with Crippen molar-refractivity contribution in [2.45, 2.75) is 29.9 Å². The van der Waals surface area contributed by atoms with E-state index < -0.39 is 16.1 Å². The zero-order valence-corrected chi connectivity index (χ0v) is 15.2. The number of sulfonamides is 1. The first-order valence-corrected chi connectivity index (χ1v) is 10.1. The molecule has 0 saturated heterocycles. The number of hydrogen-bond donors (Lipinski definition) is 2. The van der Waals surface area contributed by atoms with Crippen LogP contribution >= 0.6 is 0 Å². The summed E-state index contributed by atoms with van der Waals surface area (Å²) < 4.78 is 30.8. The largest absolute Gasteiger partial charge is 0.393 e. The lowest BCUT2D eigenvalue weighted by molar-refractivity contribution is 0.0280. The number of fused-ring (bicyclic) bond motifs is 1. The van der Waals surface area contributed by atoms with Crippen molar-refractivity contribution in [3.8, 4) is 0 Å². The summed E-state index contributed by atoms with van der Waals surface area (Å²) in [5.41, 5.74) is 0.813. The summed E-state index contributed by atoms with van der Waals surface area (Å²) in [6, 6.07) is 12.3. The molecule has 2 aromatic carbocycles. The summed E-state index contributed by atoms with van der Waals surface area (Å²) in [4.78, 5) is 0.268. The van der Waals surface area contributed by atoms with E-state index in [-0.39, 0.29) is 16.9 Å².